The van der Waals surface area contributed by atoms with Gasteiger partial charge in [0.1, 0.15) is 17.4 Å². The van der Waals surface area contributed by atoms with Crippen LogP contribution in [-0.4, -0.2) is 5.78 Å². The zero-order valence-corrected chi connectivity index (χ0v) is 10.6. The van der Waals surface area contributed by atoms with Gasteiger partial charge in [-0.3, -0.25) is 4.79 Å². The highest BCUT2D eigenvalue weighted by Crippen LogP contribution is 2.12. The molecule has 0 radical (unpaired) electrons. The van der Waals surface area contributed by atoms with Crippen LogP contribution in [0.25, 0.3) is 0 Å². The molecule has 3 heteroatoms. The number of ketones is 1. The maximum atomic E-state index is 13.4. The number of hydrogen-bond acceptors (Lipinski definition) is 1. The van der Waals surface area contributed by atoms with Crippen LogP contribution in [0.4, 0.5) is 8.78 Å². The van der Waals surface area contributed by atoms with E-state index in [1.54, 1.807) is 0 Å². The molecule has 0 fully saturated rings. The topological polar surface area (TPSA) is 17.1 Å². The first-order valence-electron chi connectivity index (χ1n) is 6.06. The van der Waals surface area contributed by atoms with Crippen LogP contribution in [0, 0.1) is 18.6 Å². The van der Waals surface area contributed by atoms with Crippen molar-refractivity contribution in [3.8, 4) is 0 Å². The van der Waals surface area contributed by atoms with Gasteiger partial charge < -0.3 is 0 Å². The summed E-state index contributed by atoms with van der Waals surface area (Å²) >= 11 is 0. The summed E-state index contributed by atoms with van der Waals surface area (Å²) in [5, 5.41) is 0. The summed E-state index contributed by atoms with van der Waals surface area (Å²) in [4.78, 5) is 11.8. The normalized spacial score (nSPS) is 10.5. The predicted octanol–water partition coefficient (Wildman–Crippen LogP) is 3.63. The lowest BCUT2D eigenvalue weighted by Crippen LogP contribution is -2.08. The molecular formula is C16H14F2O. The fraction of sp³-hybridized carbons (Fsp3) is 0.188. The maximum absolute atomic E-state index is 13.4. The molecule has 0 aliphatic heterocycles. The van der Waals surface area contributed by atoms with E-state index in [-0.39, 0.29) is 24.2 Å². The van der Waals surface area contributed by atoms with Crippen LogP contribution < -0.4 is 0 Å². The lowest BCUT2D eigenvalue weighted by molar-refractivity contribution is -0.117. The average molecular weight is 260 g/mol. The van der Waals surface area contributed by atoms with Crippen molar-refractivity contribution in [1.82, 2.24) is 0 Å². The monoisotopic (exact) mass is 260 g/mol. The summed E-state index contributed by atoms with van der Waals surface area (Å²) in [5.74, 6) is -1.39. The Hall–Kier alpha value is -2.03. The van der Waals surface area contributed by atoms with Crippen molar-refractivity contribution in [3.05, 3.63) is 70.8 Å². The molecule has 0 saturated carbocycles. The molecule has 1 nitrogen and oxygen atoms in total. The van der Waals surface area contributed by atoms with E-state index in [9.17, 15) is 13.6 Å². The molecule has 0 spiro atoms. The molecule has 2 rings (SSSR count). The van der Waals surface area contributed by atoms with Gasteiger partial charge in [0.25, 0.3) is 0 Å². The summed E-state index contributed by atoms with van der Waals surface area (Å²) < 4.78 is 26.2. The second kappa shape index (κ2) is 5.74. The second-order valence-electron chi connectivity index (χ2n) is 4.61. The lowest BCUT2D eigenvalue weighted by Gasteiger charge is -2.04. The van der Waals surface area contributed by atoms with Gasteiger partial charge in [-0.1, -0.05) is 35.9 Å². The minimum absolute atomic E-state index is 0.0139. The van der Waals surface area contributed by atoms with Crippen LogP contribution >= 0.6 is 0 Å². The van der Waals surface area contributed by atoms with E-state index in [0.29, 0.717) is 0 Å². The van der Waals surface area contributed by atoms with Crippen molar-refractivity contribution < 1.29 is 13.6 Å². The number of hydrogen-bond donors (Lipinski definition) is 0. The molecule has 98 valence electrons. The summed E-state index contributed by atoms with van der Waals surface area (Å²) in [5.41, 5.74) is 2.26. The van der Waals surface area contributed by atoms with E-state index in [0.717, 1.165) is 23.3 Å². The van der Waals surface area contributed by atoms with Crippen molar-refractivity contribution in [1.29, 1.82) is 0 Å². The summed E-state index contributed by atoms with van der Waals surface area (Å²) in [7, 11) is 0. The number of carbonyl (C=O) groups excluding carboxylic acids is 1. The van der Waals surface area contributed by atoms with E-state index < -0.39 is 11.6 Å². The molecule has 0 aliphatic carbocycles. The third-order valence-corrected chi connectivity index (χ3v) is 2.92. The molecular weight excluding hydrogens is 246 g/mol. The van der Waals surface area contributed by atoms with Crippen LogP contribution in [0.5, 0.6) is 0 Å². The van der Waals surface area contributed by atoms with Crippen LogP contribution in [-0.2, 0) is 17.6 Å². The molecule has 0 atom stereocenters. The highest BCUT2D eigenvalue weighted by molar-refractivity contribution is 5.83. The number of benzene rings is 2. The Morgan fingerprint density at radius 1 is 1.00 bits per heavy atom. The fourth-order valence-corrected chi connectivity index (χ4v) is 1.87. The Bertz CT molecular complexity index is 588. The zero-order valence-electron chi connectivity index (χ0n) is 10.6. The zero-order chi connectivity index (χ0) is 13.8. The first-order valence-corrected chi connectivity index (χ1v) is 6.06. The Kier molecular flexibility index (Phi) is 4.05. The van der Waals surface area contributed by atoms with Gasteiger partial charge in [-0.2, -0.15) is 0 Å². The van der Waals surface area contributed by atoms with Gasteiger partial charge in [-0.05, 0) is 24.1 Å². The van der Waals surface area contributed by atoms with Crippen LogP contribution in [0.15, 0.2) is 42.5 Å². The molecule has 0 aromatic heterocycles. The highest BCUT2D eigenvalue weighted by Gasteiger charge is 2.10. The molecule has 0 unspecified atom stereocenters. The summed E-state index contributed by atoms with van der Waals surface area (Å²) in [6.45, 7) is 1.97. The SMILES string of the molecule is Cc1ccc(CC(=O)Cc2ccc(F)cc2F)cc1. The molecule has 0 N–H and O–H groups in total. The molecule has 0 saturated heterocycles. The van der Waals surface area contributed by atoms with Gasteiger partial charge in [0, 0.05) is 18.9 Å². The van der Waals surface area contributed by atoms with E-state index >= 15 is 0 Å². The number of rotatable bonds is 4. The maximum Gasteiger partial charge on any atom is 0.141 e. The highest BCUT2D eigenvalue weighted by atomic mass is 19.1. The molecule has 0 amide bonds. The number of carbonyl (C=O) groups is 1. The first-order chi connectivity index (χ1) is 9.04. The van der Waals surface area contributed by atoms with Crippen molar-refractivity contribution in [2.45, 2.75) is 19.8 Å². The second-order valence-corrected chi connectivity index (χ2v) is 4.61. The summed E-state index contributed by atoms with van der Waals surface area (Å²) in [6, 6.07) is 10.9. The first kappa shape index (κ1) is 13.4. The smallest absolute Gasteiger partial charge is 0.141 e. The van der Waals surface area contributed by atoms with Gasteiger partial charge in [-0.25, -0.2) is 8.78 Å². The van der Waals surface area contributed by atoms with Gasteiger partial charge >= 0.3 is 0 Å². The van der Waals surface area contributed by atoms with Gasteiger partial charge in [0.05, 0.1) is 0 Å². The number of halogens is 2. The van der Waals surface area contributed by atoms with E-state index in [1.807, 2.05) is 31.2 Å². The Balaban J connectivity index is 2.03. The number of aryl methyl sites for hydroxylation is 1. The van der Waals surface area contributed by atoms with Gasteiger partial charge in [0.2, 0.25) is 0 Å². The lowest BCUT2D eigenvalue weighted by atomic mass is 10.0. The van der Waals surface area contributed by atoms with Crippen molar-refractivity contribution in [2.75, 3.05) is 0 Å². The average Bonchev–Trinajstić information content (AvgIpc) is 2.36. The Morgan fingerprint density at radius 3 is 2.32 bits per heavy atom. The molecule has 19 heavy (non-hydrogen) atoms. The molecule has 0 heterocycles. The predicted molar refractivity (Wildman–Crippen MR) is 70.0 cm³/mol. The fourth-order valence-electron chi connectivity index (χ4n) is 1.87. The third kappa shape index (κ3) is 3.71. The van der Waals surface area contributed by atoms with Crippen LogP contribution in [0.1, 0.15) is 16.7 Å². The minimum Gasteiger partial charge on any atom is -0.299 e. The van der Waals surface area contributed by atoms with E-state index in [4.69, 9.17) is 0 Å². The van der Waals surface area contributed by atoms with E-state index in [2.05, 4.69) is 0 Å². The van der Waals surface area contributed by atoms with E-state index in [1.165, 1.54) is 6.07 Å². The summed E-state index contributed by atoms with van der Waals surface area (Å²) in [6.07, 6.45) is 0.247. The molecule has 0 bridgehead atoms. The number of Topliss-reactive ketones (excluding diaryl/α,β-unsaturated/α-hetero) is 1. The quantitative estimate of drug-likeness (QED) is 0.820. The van der Waals surface area contributed by atoms with Crippen molar-refractivity contribution >= 4 is 5.78 Å². The third-order valence-electron chi connectivity index (χ3n) is 2.92. The molecule has 2 aromatic rings. The van der Waals surface area contributed by atoms with Crippen molar-refractivity contribution in [3.63, 3.8) is 0 Å². The van der Waals surface area contributed by atoms with Crippen LogP contribution in [0.2, 0.25) is 0 Å². The van der Waals surface area contributed by atoms with Gasteiger partial charge in [-0.15, -0.1) is 0 Å². The van der Waals surface area contributed by atoms with Gasteiger partial charge in [0.15, 0.2) is 0 Å². The Morgan fingerprint density at radius 2 is 1.68 bits per heavy atom. The Labute approximate surface area is 110 Å². The standard InChI is InChI=1S/C16H14F2O/c1-11-2-4-12(5-3-11)8-15(19)9-13-6-7-14(17)10-16(13)18/h2-7,10H,8-9H2,1H3. The van der Waals surface area contributed by atoms with Crippen LogP contribution in [0.3, 0.4) is 0 Å². The minimum atomic E-state index is -0.669. The van der Waals surface area contributed by atoms with Crippen molar-refractivity contribution in [2.24, 2.45) is 0 Å². The molecule has 0 aliphatic rings. The largest absolute Gasteiger partial charge is 0.299 e. The molecule has 2 aromatic carbocycles.